The largest absolute Gasteiger partial charge is 0.480 e. The minimum Gasteiger partial charge on any atom is -0.480 e. The molecule has 142 valence electrons. The van der Waals surface area contributed by atoms with Crippen LogP contribution in [0.4, 0.5) is 0 Å². The maximum atomic E-state index is 11.7. The Balaban J connectivity index is 3.63. The van der Waals surface area contributed by atoms with Gasteiger partial charge in [-0.1, -0.05) is 35.4 Å². The van der Waals surface area contributed by atoms with E-state index in [4.69, 9.17) is 5.11 Å². The van der Waals surface area contributed by atoms with Gasteiger partial charge in [0.2, 0.25) is 5.91 Å². The van der Waals surface area contributed by atoms with Crippen molar-refractivity contribution in [2.24, 2.45) is 0 Å². The molecule has 24 heavy (non-hydrogen) atoms. The molecular weight excluding hydrogens is 348 g/mol. The van der Waals surface area contributed by atoms with Crippen LogP contribution in [-0.2, 0) is 9.59 Å². The average molecular weight is 381 g/mol. The van der Waals surface area contributed by atoms with Crippen LogP contribution in [0.15, 0.2) is 0 Å². The number of amides is 1. The molecule has 0 saturated heterocycles. The molecule has 0 aromatic heterocycles. The second-order valence-electron chi connectivity index (χ2n) is 5.89. The zero-order valence-electron chi connectivity index (χ0n) is 15.0. The number of likely N-dealkylation sites (N-methyl/N-ethyl adjacent to an activating group) is 1. The Kier molecular flexibility index (Phi) is 14.6. The van der Waals surface area contributed by atoms with E-state index in [1.54, 1.807) is 21.6 Å². The third-order valence-electron chi connectivity index (χ3n) is 3.42. The van der Waals surface area contributed by atoms with Gasteiger partial charge in [-0.3, -0.25) is 9.59 Å². The van der Waals surface area contributed by atoms with E-state index in [0.29, 0.717) is 17.4 Å². The molecule has 0 aromatic carbocycles. The Morgan fingerprint density at radius 2 is 1.92 bits per heavy atom. The zero-order chi connectivity index (χ0) is 18.4. The Morgan fingerprint density at radius 1 is 1.21 bits per heavy atom. The van der Waals surface area contributed by atoms with Crippen molar-refractivity contribution in [1.29, 1.82) is 0 Å². The van der Waals surface area contributed by atoms with E-state index < -0.39 is 5.97 Å². The molecule has 0 spiro atoms. The first-order valence-corrected chi connectivity index (χ1v) is 10.9. The summed E-state index contributed by atoms with van der Waals surface area (Å²) < 4.78 is 0. The van der Waals surface area contributed by atoms with E-state index >= 15 is 0 Å². The summed E-state index contributed by atoms with van der Waals surface area (Å²) in [6.07, 6.45) is 3.72. The molecule has 0 fully saturated rings. The average Bonchev–Trinajstić information content (AvgIpc) is 2.52. The number of aliphatic hydroxyl groups excluding tert-OH is 1. The molecule has 0 aromatic rings. The fourth-order valence-electron chi connectivity index (χ4n) is 1.97. The van der Waals surface area contributed by atoms with Gasteiger partial charge in [-0.15, -0.1) is 0 Å². The van der Waals surface area contributed by atoms with E-state index in [1.807, 2.05) is 0 Å². The molecule has 0 aliphatic carbocycles. The molecule has 3 N–H and O–H groups in total. The van der Waals surface area contributed by atoms with E-state index in [2.05, 4.69) is 19.2 Å². The number of aliphatic carboxylic acids is 1. The molecule has 0 aliphatic rings. The van der Waals surface area contributed by atoms with Gasteiger partial charge in [0.05, 0.1) is 6.10 Å². The summed E-state index contributed by atoms with van der Waals surface area (Å²) in [5.41, 5.74) is 0. The first kappa shape index (κ1) is 23.6. The van der Waals surface area contributed by atoms with Crippen molar-refractivity contribution in [1.82, 2.24) is 10.2 Å². The number of carbonyl (C=O) groups excluding carboxylic acids is 1. The SMILES string of the molecule is CCCNCCC(O)CCC(C)SSCCC(=O)N(C)CC(=O)O. The topological polar surface area (TPSA) is 89.9 Å². The standard InChI is InChI=1S/C16H32N2O4S2/c1-4-9-17-10-7-14(19)6-5-13(2)24-23-11-8-15(20)18(3)12-16(21)22/h13-14,17,19H,4-12H2,1-3H3,(H,21,22). The Morgan fingerprint density at radius 3 is 2.54 bits per heavy atom. The molecule has 0 saturated carbocycles. The van der Waals surface area contributed by atoms with Crippen LogP contribution >= 0.6 is 21.6 Å². The highest BCUT2D eigenvalue weighted by Crippen LogP contribution is 2.30. The van der Waals surface area contributed by atoms with Crippen molar-refractivity contribution in [3.05, 3.63) is 0 Å². The third kappa shape index (κ3) is 13.9. The summed E-state index contributed by atoms with van der Waals surface area (Å²) in [6.45, 7) is 5.85. The Bertz CT molecular complexity index is 359. The molecular formula is C16H32N2O4S2. The van der Waals surface area contributed by atoms with Crippen molar-refractivity contribution < 1.29 is 19.8 Å². The van der Waals surface area contributed by atoms with Crippen LogP contribution in [-0.4, -0.2) is 70.8 Å². The number of hydrogen-bond donors (Lipinski definition) is 3. The van der Waals surface area contributed by atoms with E-state index in [1.165, 1.54) is 11.9 Å². The van der Waals surface area contributed by atoms with Crippen LogP contribution in [0, 0.1) is 0 Å². The third-order valence-corrected chi connectivity index (χ3v) is 6.38. The highest BCUT2D eigenvalue weighted by atomic mass is 33.1. The molecule has 0 radical (unpaired) electrons. The summed E-state index contributed by atoms with van der Waals surface area (Å²) in [5.74, 6) is -0.473. The molecule has 0 heterocycles. The minimum atomic E-state index is -0.995. The maximum Gasteiger partial charge on any atom is 0.323 e. The molecule has 0 bridgehead atoms. The second kappa shape index (κ2) is 14.9. The highest BCUT2D eigenvalue weighted by molar-refractivity contribution is 8.76. The molecule has 1 amide bonds. The number of hydrogen-bond acceptors (Lipinski definition) is 6. The summed E-state index contributed by atoms with van der Waals surface area (Å²) in [7, 11) is 4.86. The van der Waals surface area contributed by atoms with Crippen LogP contribution in [0.25, 0.3) is 0 Å². The summed E-state index contributed by atoms with van der Waals surface area (Å²) >= 11 is 0. The number of carbonyl (C=O) groups is 2. The van der Waals surface area contributed by atoms with Crippen molar-refractivity contribution in [2.75, 3.05) is 32.4 Å². The van der Waals surface area contributed by atoms with Gasteiger partial charge in [0, 0.05) is 24.5 Å². The maximum absolute atomic E-state index is 11.7. The smallest absolute Gasteiger partial charge is 0.323 e. The quantitative estimate of drug-likeness (QED) is 0.296. The molecule has 6 nitrogen and oxygen atoms in total. The number of nitrogens with one attached hydrogen (secondary N) is 1. The van der Waals surface area contributed by atoms with Gasteiger partial charge >= 0.3 is 5.97 Å². The summed E-state index contributed by atoms with van der Waals surface area (Å²) in [6, 6.07) is 0. The number of aliphatic hydroxyl groups is 1. The Hall–Kier alpha value is -0.440. The predicted octanol–water partition coefficient (Wildman–Crippen LogP) is 2.22. The van der Waals surface area contributed by atoms with E-state index in [0.717, 1.165) is 38.8 Å². The van der Waals surface area contributed by atoms with Crippen LogP contribution in [0.2, 0.25) is 0 Å². The van der Waals surface area contributed by atoms with Gasteiger partial charge in [-0.05, 0) is 38.8 Å². The van der Waals surface area contributed by atoms with Crippen molar-refractivity contribution in [2.45, 2.75) is 57.3 Å². The molecule has 2 unspecified atom stereocenters. The first-order chi connectivity index (χ1) is 11.4. The van der Waals surface area contributed by atoms with Crippen LogP contribution < -0.4 is 5.32 Å². The number of rotatable bonds is 15. The van der Waals surface area contributed by atoms with Crippen molar-refractivity contribution in [3.8, 4) is 0 Å². The van der Waals surface area contributed by atoms with Crippen LogP contribution in [0.5, 0.6) is 0 Å². The van der Waals surface area contributed by atoms with Gasteiger partial charge in [-0.25, -0.2) is 0 Å². The lowest BCUT2D eigenvalue weighted by Crippen LogP contribution is -2.32. The second-order valence-corrected chi connectivity index (χ2v) is 8.82. The van der Waals surface area contributed by atoms with E-state index in [9.17, 15) is 14.7 Å². The summed E-state index contributed by atoms with van der Waals surface area (Å²) in [5, 5.41) is 22.3. The predicted molar refractivity (Wildman–Crippen MR) is 102 cm³/mol. The number of nitrogens with zero attached hydrogens (tertiary/aromatic N) is 1. The lowest BCUT2D eigenvalue weighted by molar-refractivity contribution is -0.143. The lowest BCUT2D eigenvalue weighted by atomic mass is 10.1. The monoisotopic (exact) mass is 380 g/mol. The van der Waals surface area contributed by atoms with Gasteiger partial charge in [0.1, 0.15) is 6.54 Å². The zero-order valence-corrected chi connectivity index (χ0v) is 16.6. The number of carboxylic acid groups (broad SMARTS) is 1. The molecule has 8 heteroatoms. The molecule has 2 atom stereocenters. The van der Waals surface area contributed by atoms with Gasteiger partial charge in [-0.2, -0.15) is 0 Å². The molecule has 0 aliphatic heterocycles. The van der Waals surface area contributed by atoms with Crippen molar-refractivity contribution >= 4 is 33.5 Å². The fourth-order valence-corrected chi connectivity index (χ4v) is 4.31. The van der Waals surface area contributed by atoms with Gasteiger partial charge in [0.25, 0.3) is 0 Å². The number of carboxylic acids is 1. The molecule has 0 rings (SSSR count). The Labute approximate surface area is 153 Å². The van der Waals surface area contributed by atoms with Gasteiger partial charge < -0.3 is 20.4 Å². The lowest BCUT2D eigenvalue weighted by Gasteiger charge is -2.16. The van der Waals surface area contributed by atoms with Crippen LogP contribution in [0.1, 0.15) is 46.0 Å². The fraction of sp³-hybridized carbons (Fsp3) is 0.875. The van der Waals surface area contributed by atoms with Crippen LogP contribution in [0.3, 0.4) is 0 Å². The normalized spacial score (nSPS) is 13.5. The van der Waals surface area contributed by atoms with Crippen molar-refractivity contribution in [3.63, 3.8) is 0 Å². The summed E-state index contributed by atoms with van der Waals surface area (Å²) in [4.78, 5) is 23.5. The van der Waals surface area contributed by atoms with Gasteiger partial charge in [0.15, 0.2) is 0 Å². The first-order valence-electron chi connectivity index (χ1n) is 8.49. The highest BCUT2D eigenvalue weighted by Gasteiger charge is 2.13. The minimum absolute atomic E-state index is 0.145. The van der Waals surface area contributed by atoms with E-state index in [-0.39, 0.29) is 18.6 Å².